The lowest BCUT2D eigenvalue weighted by Crippen LogP contribution is -2.68. The molecule has 1 heterocycles. The van der Waals surface area contributed by atoms with E-state index >= 15 is 9.59 Å². The average molecular weight is 747 g/mol. The van der Waals surface area contributed by atoms with E-state index in [2.05, 4.69) is 5.16 Å². The number of fused-ring (bicyclic) bond motifs is 4. The highest BCUT2D eigenvalue weighted by atomic mass is 28.4. The van der Waals surface area contributed by atoms with Crippen molar-refractivity contribution in [3.8, 4) is 11.6 Å². The first-order valence-electron chi connectivity index (χ1n) is 17.5. The van der Waals surface area contributed by atoms with Gasteiger partial charge in [0.1, 0.15) is 30.3 Å². The fraction of sp³-hybridized carbons (Fsp3) is 0.375. The molecule has 3 aromatic carbocycles. The minimum absolute atomic E-state index is 0.00533. The van der Waals surface area contributed by atoms with Crippen molar-refractivity contribution < 1.29 is 46.3 Å². The van der Waals surface area contributed by atoms with Crippen LogP contribution in [0.5, 0.6) is 11.6 Å². The topological polar surface area (TPSA) is 134 Å². The standard InChI is InChI=1S/C40H41F3N2O7Si/c1-38(2,3)53(4,5)52-39-27(32(44)34-31(36(39)48)37(45-51-34)50-21-23-14-10-7-11-15-23)19-24-18-25-26(40(41,42)43)16-17-28(30(25)33(46)29(24)35(39)47)49-20-22-12-8-6-9-13-22/h6-17,24,27,32,46H,18-21,44H2,1-5H3/t24-,27-,32-,39-/m0/s1. The van der Waals surface area contributed by atoms with Gasteiger partial charge in [0.05, 0.1) is 17.2 Å². The van der Waals surface area contributed by atoms with Gasteiger partial charge in [-0.25, -0.2) is 0 Å². The largest absolute Gasteiger partial charge is 0.507 e. The number of rotatable bonds is 8. The van der Waals surface area contributed by atoms with Crippen LogP contribution in [-0.2, 0) is 35.0 Å². The highest BCUT2D eigenvalue weighted by Gasteiger charge is 2.68. The zero-order valence-corrected chi connectivity index (χ0v) is 31.0. The SMILES string of the molecule is CC(C)(C)[Si](C)(C)O[C@]12C(=O)C3=C(O)c4c(OCc5ccccc5)ccc(C(F)(F)F)c4C[C@H]3C[C@H]1[C@H](N)c1onc(OCc3ccccc3)c1C2=O. The Hall–Kier alpha value is -4.72. The third-order valence-corrected chi connectivity index (χ3v) is 15.7. The molecule has 0 bridgehead atoms. The van der Waals surface area contributed by atoms with Gasteiger partial charge in [0.2, 0.25) is 11.6 Å². The second kappa shape index (κ2) is 13.0. The van der Waals surface area contributed by atoms with Crippen molar-refractivity contribution in [2.24, 2.45) is 17.6 Å². The molecular formula is C40H41F3N2O7Si. The van der Waals surface area contributed by atoms with Crippen LogP contribution >= 0.6 is 0 Å². The number of nitrogens with two attached hydrogens (primary N) is 1. The van der Waals surface area contributed by atoms with Crippen molar-refractivity contribution in [3.05, 3.63) is 118 Å². The molecule has 4 atom stereocenters. The number of hydrogen-bond acceptors (Lipinski definition) is 9. The van der Waals surface area contributed by atoms with Gasteiger partial charge in [-0.15, -0.1) is 0 Å². The van der Waals surface area contributed by atoms with Gasteiger partial charge in [0, 0.05) is 11.5 Å². The molecular weight excluding hydrogens is 706 g/mol. The third kappa shape index (κ3) is 6.08. The molecule has 9 nitrogen and oxygen atoms in total. The maximum absolute atomic E-state index is 15.3. The lowest BCUT2D eigenvalue weighted by molar-refractivity contribution is -0.138. The third-order valence-electron chi connectivity index (χ3n) is 11.2. The molecule has 13 heteroatoms. The molecule has 3 aliphatic carbocycles. The molecule has 3 N–H and O–H groups in total. The minimum Gasteiger partial charge on any atom is -0.507 e. The Balaban J connectivity index is 1.39. The van der Waals surface area contributed by atoms with Crippen molar-refractivity contribution >= 4 is 25.6 Å². The normalized spacial score (nSPS) is 22.8. The molecule has 0 saturated heterocycles. The molecule has 53 heavy (non-hydrogen) atoms. The molecule has 0 unspecified atom stereocenters. The molecule has 1 saturated carbocycles. The minimum atomic E-state index is -4.77. The van der Waals surface area contributed by atoms with Gasteiger partial charge in [-0.3, -0.25) is 9.59 Å². The Kier molecular flexibility index (Phi) is 8.98. The molecule has 4 aromatic rings. The highest BCUT2D eigenvalue weighted by molar-refractivity contribution is 6.74. The van der Waals surface area contributed by atoms with Crippen LogP contribution in [0.3, 0.4) is 0 Å². The Morgan fingerprint density at radius 2 is 1.51 bits per heavy atom. The number of Topliss-reactive ketones (excluding diaryl/α,β-unsaturated/α-hetero) is 2. The number of halogens is 3. The van der Waals surface area contributed by atoms with E-state index in [9.17, 15) is 18.3 Å². The first kappa shape index (κ1) is 36.6. The predicted octanol–water partition coefficient (Wildman–Crippen LogP) is 8.54. The lowest BCUT2D eigenvalue weighted by Gasteiger charge is -2.53. The van der Waals surface area contributed by atoms with Crippen LogP contribution in [-0.4, -0.2) is 35.7 Å². The van der Waals surface area contributed by atoms with Crippen LogP contribution in [0.1, 0.15) is 77.2 Å². The van der Waals surface area contributed by atoms with Crippen molar-refractivity contribution in [2.75, 3.05) is 0 Å². The molecule has 1 fully saturated rings. The summed E-state index contributed by atoms with van der Waals surface area (Å²) in [6.45, 7) is 9.68. The van der Waals surface area contributed by atoms with Gasteiger partial charge in [0.25, 0.3) is 5.88 Å². The number of ketones is 2. The monoisotopic (exact) mass is 746 g/mol. The predicted molar refractivity (Wildman–Crippen MR) is 192 cm³/mol. The average Bonchev–Trinajstić information content (AvgIpc) is 3.53. The van der Waals surface area contributed by atoms with Gasteiger partial charge in [0.15, 0.2) is 19.7 Å². The summed E-state index contributed by atoms with van der Waals surface area (Å²) in [6.07, 6.45) is -5.09. The number of alkyl halides is 3. The quantitative estimate of drug-likeness (QED) is 0.134. The zero-order valence-electron chi connectivity index (χ0n) is 30.0. The number of carbonyl (C=O) groups excluding carboxylic acids is 2. The summed E-state index contributed by atoms with van der Waals surface area (Å²) in [7, 11) is -3.02. The molecule has 1 aromatic heterocycles. The van der Waals surface area contributed by atoms with E-state index in [-0.39, 0.29) is 65.7 Å². The second-order valence-corrected chi connectivity index (χ2v) is 20.3. The van der Waals surface area contributed by atoms with Gasteiger partial charge < -0.3 is 29.3 Å². The summed E-state index contributed by atoms with van der Waals surface area (Å²) >= 11 is 0. The number of nitrogens with zero attached hydrogens (tertiary/aromatic N) is 1. The summed E-state index contributed by atoms with van der Waals surface area (Å²) in [4.78, 5) is 30.5. The molecule has 0 amide bonds. The Morgan fingerprint density at radius 1 is 0.906 bits per heavy atom. The van der Waals surface area contributed by atoms with Crippen LogP contribution in [0.2, 0.25) is 18.1 Å². The maximum atomic E-state index is 15.3. The van der Waals surface area contributed by atoms with Gasteiger partial charge in [-0.1, -0.05) is 81.4 Å². The summed E-state index contributed by atoms with van der Waals surface area (Å²) in [5.74, 6) is -4.47. The Labute approximate surface area is 306 Å². The Morgan fingerprint density at radius 3 is 2.09 bits per heavy atom. The van der Waals surface area contributed by atoms with Crippen molar-refractivity contribution in [1.29, 1.82) is 0 Å². The smallest absolute Gasteiger partial charge is 0.416 e. The molecule has 0 radical (unpaired) electrons. The number of ether oxygens (including phenoxy) is 2. The number of benzene rings is 3. The molecule has 278 valence electrons. The van der Waals surface area contributed by atoms with Crippen molar-refractivity contribution in [2.45, 2.75) is 82.8 Å². The van der Waals surface area contributed by atoms with Crippen LogP contribution in [0.4, 0.5) is 13.2 Å². The van der Waals surface area contributed by atoms with Crippen LogP contribution in [0.25, 0.3) is 5.76 Å². The van der Waals surface area contributed by atoms with Gasteiger partial charge >= 0.3 is 6.18 Å². The molecule has 0 spiro atoms. The van der Waals surface area contributed by atoms with Gasteiger partial charge in [-0.05, 0) is 70.9 Å². The highest BCUT2D eigenvalue weighted by Crippen LogP contribution is 2.58. The molecule has 0 aliphatic heterocycles. The van der Waals surface area contributed by atoms with E-state index in [1.807, 2.05) is 70.3 Å². The van der Waals surface area contributed by atoms with Crippen molar-refractivity contribution in [1.82, 2.24) is 5.16 Å². The Bertz CT molecular complexity index is 2110. The number of aliphatic hydroxyl groups is 1. The number of aromatic nitrogens is 1. The number of aliphatic hydroxyl groups excluding tert-OH is 1. The second-order valence-electron chi connectivity index (χ2n) is 15.5. The fourth-order valence-corrected chi connectivity index (χ4v) is 8.99. The van der Waals surface area contributed by atoms with Crippen LogP contribution in [0, 0.1) is 11.8 Å². The van der Waals surface area contributed by atoms with E-state index < -0.39 is 65.9 Å². The summed E-state index contributed by atoms with van der Waals surface area (Å²) < 4.78 is 68.3. The summed E-state index contributed by atoms with van der Waals surface area (Å²) in [6, 6.07) is 19.2. The molecule has 7 rings (SSSR count). The molecule has 3 aliphatic rings. The van der Waals surface area contributed by atoms with Crippen LogP contribution in [0.15, 0.2) is 82.9 Å². The van der Waals surface area contributed by atoms with E-state index in [0.717, 1.165) is 23.3 Å². The zero-order chi connectivity index (χ0) is 38.1. The van der Waals surface area contributed by atoms with Crippen molar-refractivity contribution in [3.63, 3.8) is 0 Å². The maximum Gasteiger partial charge on any atom is 0.416 e. The van der Waals surface area contributed by atoms with Gasteiger partial charge in [-0.2, -0.15) is 13.2 Å². The summed E-state index contributed by atoms with van der Waals surface area (Å²) in [5, 5.41) is 15.7. The summed E-state index contributed by atoms with van der Waals surface area (Å²) in [5.41, 5.74) is 4.47. The van der Waals surface area contributed by atoms with E-state index in [1.165, 1.54) is 0 Å². The lowest BCUT2D eigenvalue weighted by atomic mass is 9.57. The van der Waals surface area contributed by atoms with E-state index in [0.29, 0.717) is 0 Å². The first-order chi connectivity index (χ1) is 25.0. The van der Waals surface area contributed by atoms with E-state index in [4.69, 9.17) is 24.2 Å². The van der Waals surface area contributed by atoms with Crippen LogP contribution < -0.4 is 15.2 Å². The fourth-order valence-electron chi connectivity index (χ4n) is 7.54. The first-order valence-corrected chi connectivity index (χ1v) is 20.4. The number of hydrogen-bond donors (Lipinski definition) is 2. The number of carbonyl (C=O) groups is 2. The van der Waals surface area contributed by atoms with E-state index in [1.54, 1.807) is 24.3 Å².